The van der Waals surface area contributed by atoms with Gasteiger partial charge in [0, 0.05) is 12.8 Å². The number of hydrogen-bond acceptors (Lipinski definition) is 5. The molecule has 142 valence electrons. The zero-order valence-corrected chi connectivity index (χ0v) is 14.9. The molecule has 0 radical (unpaired) electrons. The van der Waals surface area contributed by atoms with E-state index in [9.17, 15) is 14.7 Å². The number of aliphatic carboxylic acids is 1. The molecule has 1 atom stereocenters. The quantitative estimate of drug-likeness (QED) is 0.835. The highest BCUT2D eigenvalue weighted by Crippen LogP contribution is 2.42. The molecule has 2 N–H and O–H groups in total. The van der Waals surface area contributed by atoms with Crippen molar-refractivity contribution in [1.29, 1.82) is 0 Å². The van der Waals surface area contributed by atoms with Gasteiger partial charge in [0.15, 0.2) is 5.79 Å². The average molecular weight is 363 g/mol. The Hall–Kier alpha value is -2.12. The lowest BCUT2D eigenvalue weighted by atomic mass is 9.73. The van der Waals surface area contributed by atoms with Crippen LogP contribution >= 0.6 is 0 Å². The molecular formula is C19H25NO6. The van der Waals surface area contributed by atoms with E-state index in [1.165, 1.54) is 6.92 Å². The van der Waals surface area contributed by atoms with Crippen LogP contribution in [0.15, 0.2) is 30.3 Å². The van der Waals surface area contributed by atoms with Gasteiger partial charge in [0.1, 0.15) is 12.1 Å². The second kappa shape index (κ2) is 7.63. The lowest BCUT2D eigenvalue weighted by Crippen LogP contribution is -2.58. The van der Waals surface area contributed by atoms with Crippen molar-refractivity contribution in [1.82, 2.24) is 5.32 Å². The van der Waals surface area contributed by atoms with Gasteiger partial charge in [-0.3, -0.25) is 0 Å². The molecule has 0 unspecified atom stereocenters. The van der Waals surface area contributed by atoms with Crippen LogP contribution < -0.4 is 5.32 Å². The Bertz CT molecular complexity index is 633. The molecule has 1 aliphatic heterocycles. The van der Waals surface area contributed by atoms with Gasteiger partial charge >= 0.3 is 12.1 Å². The maximum absolute atomic E-state index is 12.2. The van der Waals surface area contributed by atoms with Gasteiger partial charge in [-0.2, -0.15) is 0 Å². The number of benzene rings is 1. The highest BCUT2D eigenvalue weighted by atomic mass is 16.7. The van der Waals surface area contributed by atoms with Crippen molar-refractivity contribution in [2.45, 2.75) is 50.5 Å². The topological polar surface area (TPSA) is 94.1 Å². The zero-order valence-electron chi connectivity index (χ0n) is 14.9. The van der Waals surface area contributed by atoms with Crippen LogP contribution in [0.1, 0.15) is 38.2 Å². The van der Waals surface area contributed by atoms with E-state index >= 15 is 0 Å². The molecule has 2 aliphatic rings. The third-order valence-electron chi connectivity index (χ3n) is 5.40. The summed E-state index contributed by atoms with van der Waals surface area (Å²) in [5, 5.41) is 12.3. The Morgan fingerprint density at radius 1 is 1.23 bits per heavy atom. The summed E-state index contributed by atoms with van der Waals surface area (Å²) in [5.41, 5.74) is -0.552. The number of carboxylic acids is 1. The number of carbonyl (C=O) groups is 2. The van der Waals surface area contributed by atoms with Gasteiger partial charge in [-0.25, -0.2) is 9.59 Å². The first-order chi connectivity index (χ1) is 12.4. The maximum atomic E-state index is 12.2. The predicted molar refractivity (Wildman–Crippen MR) is 92.4 cm³/mol. The summed E-state index contributed by atoms with van der Waals surface area (Å²) in [6.07, 6.45) is 1.72. The summed E-state index contributed by atoms with van der Waals surface area (Å²) in [6.45, 7) is 2.78. The maximum Gasteiger partial charge on any atom is 0.408 e. The van der Waals surface area contributed by atoms with E-state index in [2.05, 4.69) is 5.32 Å². The van der Waals surface area contributed by atoms with Crippen molar-refractivity contribution in [2.24, 2.45) is 5.92 Å². The first kappa shape index (κ1) is 18.7. The molecule has 7 heteroatoms. The molecule has 1 aromatic rings. The summed E-state index contributed by atoms with van der Waals surface area (Å²) in [6, 6.07) is 9.25. The van der Waals surface area contributed by atoms with Gasteiger partial charge in [-0.15, -0.1) is 0 Å². The molecule has 3 rings (SSSR count). The van der Waals surface area contributed by atoms with E-state index in [0.717, 1.165) is 5.56 Å². The van der Waals surface area contributed by atoms with Crippen LogP contribution in [-0.4, -0.2) is 41.7 Å². The molecule has 7 nitrogen and oxygen atoms in total. The van der Waals surface area contributed by atoms with Crippen molar-refractivity contribution in [3.05, 3.63) is 35.9 Å². The second-order valence-corrected chi connectivity index (χ2v) is 7.08. The number of hydrogen-bond donors (Lipinski definition) is 2. The molecule has 1 saturated heterocycles. The van der Waals surface area contributed by atoms with Crippen molar-refractivity contribution >= 4 is 12.1 Å². The molecule has 1 amide bonds. The zero-order chi connectivity index (χ0) is 18.6. The van der Waals surface area contributed by atoms with E-state index in [1.807, 2.05) is 30.3 Å². The van der Waals surface area contributed by atoms with Crippen molar-refractivity contribution in [2.75, 3.05) is 13.2 Å². The second-order valence-electron chi connectivity index (χ2n) is 7.08. The van der Waals surface area contributed by atoms with Gasteiger partial charge in [0.25, 0.3) is 0 Å². The molecule has 1 aromatic carbocycles. The fourth-order valence-corrected chi connectivity index (χ4v) is 3.72. The third kappa shape index (κ3) is 3.99. The van der Waals surface area contributed by atoms with Crippen LogP contribution in [0.4, 0.5) is 4.79 Å². The highest BCUT2D eigenvalue weighted by Gasteiger charge is 2.49. The monoisotopic (exact) mass is 363 g/mol. The van der Waals surface area contributed by atoms with Crippen LogP contribution in [0.3, 0.4) is 0 Å². The largest absolute Gasteiger partial charge is 0.480 e. The Kier molecular flexibility index (Phi) is 5.48. The van der Waals surface area contributed by atoms with Gasteiger partial charge < -0.3 is 24.6 Å². The van der Waals surface area contributed by atoms with Crippen LogP contribution in [0, 0.1) is 5.92 Å². The van der Waals surface area contributed by atoms with Crippen LogP contribution in [0.2, 0.25) is 0 Å². The molecule has 2 fully saturated rings. The predicted octanol–water partition coefficient (Wildman–Crippen LogP) is 2.69. The molecule has 1 spiro atoms. The summed E-state index contributed by atoms with van der Waals surface area (Å²) < 4.78 is 16.6. The normalized spacial score (nSPS) is 21.9. The first-order valence-corrected chi connectivity index (χ1v) is 8.94. The molecule has 0 aromatic heterocycles. The third-order valence-corrected chi connectivity index (χ3v) is 5.40. The van der Waals surface area contributed by atoms with E-state index in [4.69, 9.17) is 14.2 Å². The van der Waals surface area contributed by atoms with Crippen LogP contribution in [0.5, 0.6) is 0 Å². The van der Waals surface area contributed by atoms with Gasteiger partial charge in [0.05, 0.1) is 13.2 Å². The molecule has 26 heavy (non-hydrogen) atoms. The molecular weight excluding hydrogens is 338 g/mol. The molecule has 1 heterocycles. The van der Waals surface area contributed by atoms with Crippen molar-refractivity contribution in [3.8, 4) is 0 Å². The minimum Gasteiger partial charge on any atom is -0.480 e. The van der Waals surface area contributed by atoms with Gasteiger partial charge in [-0.1, -0.05) is 30.3 Å². The number of carbonyl (C=O) groups excluding carboxylic acids is 1. The Morgan fingerprint density at radius 3 is 2.42 bits per heavy atom. The lowest BCUT2D eigenvalue weighted by Gasteiger charge is -2.41. The van der Waals surface area contributed by atoms with E-state index < -0.39 is 23.4 Å². The highest BCUT2D eigenvalue weighted by molar-refractivity contribution is 5.84. The summed E-state index contributed by atoms with van der Waals surface area (Å²) in [4.78, 5) is 24.1. The van der Waals surface area contributed by atoms with Crippen LogP contribution in [-0.2, 0) is 25.6 Å². The number of rotatable bonds is 5. The van der Waals surface area contributed by atoms with Crippen LogP contribution in [0.25, 0.3) is 0 Å². The lowest BCUT2D eigenvalue weighted by molar-refractivity contribution is -0.188. The fraction of sp³-hybridized carbons (Fsp3) is 0.579. The molecule has 1 aliphatic carbocycles. The molecule has 1 saturated carbocycles. The van der Waals surface area contributed by atoms with E-state index in [-0.39, 0.29) is 12.5 Å². The molecule has 0 bridgehead atoms. The number of carboxylic acid groups (broad SMARTS) is 1. The van der Waals surface area contributed by atoms with Gasteiger partial charge in [0.2, 0.25) is 0 Å². The standard InChI is InChI=1S/C19H25NO6/c1-18(16(21)22,15-7-9-19(10-8-15)25-11-12-26-19)20-17(23)24-13-14-5-3-2-4-6-14/h2-6,15H,7-13H2,1H3,(H,20,23)(H,21,22)/t18-/m0/s1. The minimum atomic E-state index is -1.39. The number of nitrogens with one attached hydrogen (secondary N) is 1. The van der Waals surface area contributed by atoms with Crippen molar-refractivity contribution < 1.29 is 28.9 Å². The number of alkyl carbamates (subject to hydrolysis) is 1. The summed E-state index contributed by atoms with van der Waals surface area (Å²) in [5.74, 6) is -1.85. The Morgan fingerprint density at radius 2 is 1.85 bits per heavy atom. The fourth-order valence-electron chi connectivity index (χ4n) is 3.72. The minimum absolute atomic E-state index is 0.0951. The van der Waals surface area contributed by atoms with E-state index in [1.54, 1.807) is 0 Å². The first-order valence-electron chi connectivity index (χ1n) is 8.94. The average Bonchev–Trinajstić information content (AvgIpc) is 3.09. The SMILES string of the molecule is C[C@@](NC(=O)OCc1ccccc1)(C(=O)O)C1CCC2(CC1)OCCO2. The summed E-state index contributed by atoms with van der Waals surface area (Å²) in [7, 11) is 0. The smallest absolute Gasteiger partial charge is 0.408 e. The van der Waals surface area contributed by atoms with Gasteiger partial charge in [-0.05, 0) is 31.2 Å². The van der Waals surface area contributed by atoms with E-state index in [0.29, 0.717) is 38.9 Å². The Labute approximate surface area is 152 Å². The van der Waals surface area contributed by atoms with Crippen molar-refractivity contribution in [3.63, 3.8) is 0 Å². The summed E-state index contributed by atoms with van der Waals surface area (Å²) >= 11 is 0. The Balaban J connectivity index is 1.58. The number of amides is 1. The number of ether oxygens (including phenoxy) is 3.